The zero-order chi connectivity index (χ0) is 12.9. The van der Waals surface area contributed by atoms with E-state index in [1.165, 1.54) is 6.42 Å². The van der Waals surface area contributed by atoms with Crippen LogP contribution in [0.4, 0.5) is 0 Å². The monoisotopic (exact) mass is 308 g/mol. The average molecular weight is 309 g/mol. The number of carbonyl (C=O) groups excluding carboxylic acids is 1. The summed E-state index contributed by atoms with van der Waals surface area (Å²) in [4.78, 5) is 16.7. The van der Waals surface area contributed by atoms with Crippen LogP contribution in [0.2, 0.25) is 0 Å². The number of rotatable bonds is 3. The molecule has 4 heteroatoms. The fourth-order valence-corrected chi connectivity index (χ4v) is 3.23. The number of pyridine rings is 1. The second-order valence-corrected chi connectivity index (χ2v) is 6.69. The van der Waals surface area contributed by atoms with Crippen LogP contribution in [0.5, 0.6) is 0 Å². The van der Waals surface area contributed by atoms with E-state index < -0.39 is 0 Å². The standard InChI is InChI=1S/C14H17BrN2O/c1-8-3-4-13(15)17-9(8)5-11(18)10-6-14(2)7-12(14)16-10/h3-4,10,12,16H,5-7H2,1-2H3/t10-,12+,14-/m0/s1. The Balaban J connectivity index is 1.69. The molecule has 0 aromatic carbocycles. The maximum atomic E-state index is 12.3. The molecule has 1 aromatic rings. The van der Waals surface area contributed by atoms with Crippen LogP contribution in [-0.2, 0) is 11.2 Å². The fourth-order valence-electron chi connectivity index (χ4n) is 2.88. The summed E-state index contributed by atoms with van der Waals surface area (Å²) in [6.45, 7) is 4.27. The van der Waals surface area contributed by atoms with Crippen LogP contribution in [0.15, 0.2) is 16.7 Å². The first-order valence-corrected chi connectivity index (χ1v) is 7.18. The molecule has 2 aliphatic rings. The molecule has 3 rings (SSSR count). The molecular formula is C14H17BrN2O. The minimum Gasteiger partial charge on any atom is -0.304 e. The lowest BCUT2D eigenvalue weighted by molar-refractivity contribution is -0.120. The summed E-state index contributed by atoms with van der Waals surface area (Å²) in [6, 6.07) is 4.52. The summed E-state index contributed by atoms with van der Waals surface area (Å²) >= 11 is 3.36. The van der Waals surface area contributed by atoms with Crippen LogP contribution in [0.1, 0.15) is 31.0 Å². The van der Waals surface area contributed by atoms with E-state index in [1.54, 1.807) is 0 Å². The third kappa shape index (κ3) is 2.12. The third-order valence-corrected chi connectivity index (χ3v) is 4.76. The van der Waals surface area contributed by atoms with Crippen LogP contribution in [-0.4, -0.2) is 22.9 Å². The molecule has 1 N–H and O–H groups in total. The van der Waals surface area contributed by atoms with Gasteiger partial charge in [-0.15, -0.1) is 0 Å². The van der Waals surface area contributed by atoms with Gasteiger partial charge in [0.2, 0.25) is 0 Å². The van der Waals surface area contributed by atoms with Crippen LogP contribution >= 0.6 is 15.9 Å². The summed E-state index contributed by atoms with van der Waals surface area (Å²) in [5, 5.41) is 3.43. The quantitative estimate of drug-likeness (QED) is 0.872. The van der Waals surface area contributed by atoms with Crippen molar-refractivity contribution in [1.82, 2.24) is 10.3 Å². The van der Waals surface area contributed by atoms with Gasteiger partial charge in [0.15, 0.2) is 5.78 Å². The zero-order valence-corrected chi connectivity index (χ0v) is 12.3. The smallest absolute Gasteiger partial charge is 0.155 e. The van der Waals surface area contributed by atoms with E-state index in [2.05, 4.69) is 33.2 Å². The molecule has 18 heavy (non-hydrogen) atoms. The molecule has 0 bridgehead atoms. The molecule has 1 aromatic heterocycles. The molecule has 2 fully saturated rings. The number of hydrogen-bond acceptors (Lipinski definition) is 3. The van der Waals surface area contributed by atoms with Gasteiger partial charge >= 0.3 is 0 Å². The molecule has 1 saturated heterocycles. The van der Waals surface area contributed by atoms with Gasteiger partial charge in [-0.2, -0.15) is 0 Å². The van der Waals surface area contributed by atoms with Crippen LogP contribution in [0, 0.1) is 12.3 Å². The number of halogens is 1. The van der Waals surface area contributed by atoms with Gasteiger partial charge in [0.05, 0.1) is 18.2 Å². The second-order valence-electron chi connectivity index (χ2n) is 5.87. The van der Waals surface area contributed by atoms with E-state index in [-0.39, 0.29) is 11.8 Å². The summed E-state index contributed by atoms with van der Waals surface area (Å²) in [5.74, 6) is 0.275. The fraction of sp³-hybridized carbons (Fsp3) is 0.571. The van der Waals surface area contributed by atoms with Crippen LogP contribution in [0.25, 0.3) is 0 Å². The molecule has 3 atom stereocenters. The second kappa shape index (κ2) is 4.14. The number of piperidine rings is 1. The van der Waals surface area contributed by atoms with Gasteiger partial charge in [-0.1, -0.05) is 13.0 Å². The number of aromatic nitrogens is 1. The third-order valence-electron chi connectivity index (χ3n) is 4.32. The molecule has 0 spiro atoms. The Kier molecular flexibility index (Phi) is 2.83. The highest BCUT2D eigenvalue weighted by atomic mass is 79.9. The molecule has 1 aliphatic heterocycles. The van der Waals surface area contributed by atoms with Gasteiger partial charge < -0.3 is 5.32 Å². The predicted octanol–water partition coefficient (Wildman–Crippen LogP) is 2.40. The molecule has 1 aliphatic carbocycles. The van der Waals surface area contributed by atoms with Crippen molar-refractivity contribution in [3.63, 3.8) is 0 Å². The highest BCUT2D eigenvalue weighted by molar-refractivity contribution is 9.10. The van der Waals surface area contributed by atoms with E-state index in [0.29, 0.717) is 17.9 Å². The minimum atomic E-state index is 0.0360. The van der Waals surface area contributed by atoms with E-state index in [9.17, 15) is 4.79 Å². The molecule has 2 heterocycles. The lowest BCUT2D eigenvalue weighted by atomic mass is 9.97. The van der Waals surface area contributed by atoms with Crippen molar-refractivity contribution < 1.29 is 4.79 Å². The number of ketones is 1. The Labute approximate surface area is 116 Å². The van der Waals surface area contributed by atoms with Gasteiger partial charge in [-0.3, -0.25) is 4.79 Å². The van der Waals surface area contributed by atoms with Crippen molar-refractivity contribution in [2.24, 2.45) is 5.41 Å². The molecule has 96 valence electrons. The first-order valence-electron chi connectivity index (χ1n) is 6.39. The predicted molar refractivity (Wildman–Crippen MR) is 73.4 cm³/mol. The van der Waals surface area contributed by atoms with Gasteiger partial charge in [0.1, 0.15) is 4.60 Å². The van der Waals surface area contributed by atoms with Gasteiger partial charge in [-0.25, -0.2) is 4.98 Å². The molecule has 1 saturated carbocycles. The highest BCUT2D eigenvalue weighted by Gasteiger charge is 2.57. The van der Waals surface area contributed by atoms with Crippen molar-refractivity contribution in [2.45, 2.75) is 45.2 Å². The van der Waals surface area contributed by atoms with Crippen molar-refractivity contribution in [2.75, 3.05) is 0 Å². The maximum Gasteiger partial charge on any atom is 0.155 e. The van der Waals surface area contributed by atoms with E-state index >= 15 is 0 Å². The van der Waals surface area contributed by atoms with Crippen molar-refractivity contribution in [1.29, 1.82) is 0 Å². The Morgan fingerprint density at radius 1 is 1.56 bits per heavy atom. The SMILES string of the molecule is Cc1ccc(Br)nc1CC(=O)[C@@H]1C[C@@]2(C)C[C@H]2N1. The van der Waals surface area contributed by atoms with Gasteiger partial charge in [-0.05, 0) is 52.7 Å². The van der Waals surface area contributed by atoms with Gasteiger partial charge in [0, 0.05) is 6.04 Å². The first kappa shape index (κ1) is 12.3. The Hall–Kier alpha value is -0.740. The number of aryl methyl sites for hydroxylation is 1. The largest absolute Gasteiger partial charge is 0.304 e. The Morgan fingerprint density at radius 3 is 3.00 bits per heavy atom. The number of nitrogens with one attached hydrogen (secondary N) is 1. The zero-order valence-electron chi connectivity index (χ0n) is 10.7. The average Bonchev–Trinajstić information content (AvgIpc) is 2.82. The number of carbonyl (C=O) groups is 1. The van der Waals surface area contributed by atoms with E-state index in [4.69, 9.17) is 0 Å². The molecule has 0 amide bonds. The minimum absolute atomic E-state index is 0.0360. The van der Waals surface area contributed by atoms with Gasteiger partial charge in [0.25, 0.3) is 0 Å². The summed E-state index contributed by atoms with van der Waals surface area (Å²) in [6.07, 6.45) is 2.65. The van der Waals surface area contributed by atoms with Crippen molar-refractivity contribution in [3.05, 3.63) is 28.0 Å². The van der Waals surface area contributed by atoms with E-state index in [0.717, 1.165) is 22.3 Å². The summed E-state index contributed by atoms with van der Waals surface area (Å²) in [7, 11) is 0. The number of nitrogens with zero attached hydrogens (tertiary/aromatic N) is 1. The van der Waals surface area contributed by atoms with E-state index in [1.807, 2.05) is 19.1 Å². The molecular weight excluding hydrogens is 292 g/mol. The molecule has 3 nitrogen and oxygen atoms in total. The Morgan fingerprint density at radius 2 is 2.33 bits per heavy atom. The van der Waals surface area contributed by atoms with Crippen molar-refractivity contribution in [3.8, 4) is 0 Å². The lowest BCUT2D eigenvalue weighted by Gasteiger charge is -2.13. The lowest BCUT2D eigenvalue weighted by Crippen LogP contribution is -2.35. The first-order chi connectivity index (χ1) is 8.48. The number of Topliss-reactive ketones (excluding diaryl/α,β-unsaturated/α-hetero) is 1. The number of hydrogen-bond donors (Lipinski definition) is 1. The summed E-state index contributed by atoms with van der Waals surface area (Å²) in [5.41, 5.74) is 2.36. The highest BCUT2D eigenvalue weighted by Crippen LogP contribution is 2.54. The number of fused-ring (bicyclic) bond motifs is 1. The normalized spacial score (nSPS) is 33.3. The maximum absolute atomic E-state index is 12.3. The Bertz CT molecular complexity index is 517. The molecule has 0 radical (unpaired) electrons. The van der Waals surface area contributed by atoms with Crippen LogP contribution < -0.4 is 5.32 Å². The molecule has 0 unspecified atom stereocenters. The topological polar surface area (TPSA) is 42.0 Å². The van der Waals surface area contributed by atoms with Crippen LogP contribution in [0.3, 0.4) is 0 Å². The van der Waals surface area contributed by atoms with Crippen molar-refractivity contribution >= 4 is 21.7 Å². The summed E-state index contributed by atoms with van der Waals surface area (Å²) < 4.78 is 0.796.